The Morgan fingerprint density at radius 2 is 1.90 bits per heavy atom. The van der Waals surface area contributed by atoms with Crippen molar-refractivity contribution >= 4 is 23.1 Å². The zero-order chi connectivity index (χ0) is 22.4. The van der Waals surface area contributed by atoms with Crippen LogP contribution in [0.25, 0.3) is 10.9 Å². The average molecular weight is 424 g/mol. The van der Waals surface area contributed by atoms with Crippen LogP contribution in [0.4, 0.5) is 0 Å². The third kappa shape index (κ3) is 4.72. The molecule has 7 heteroatoms. The maximum absolute atomic E-state index is 12.8. The second-order valence-electron chi connectivity index (χ2n) is 7.37. The van der Waals surface area contributed by atoms with Gasteiger partial charge in [0.05, 0.1) is 13.2 Å². The SMILES string of the molecule is COC.COc1ccc(C2c3[nH]c4ccc(O)cc4c3CCN2C(=O)CCC=O)cc1. The molecular formula is C24H28N2O5. The van der Waals surface area contributed by atoms with Crippen molar-refractivity contribution in [2.75, 3.05) is 27.9 Å². The molecule has 0 saturated heterocycles. The number of aromatic hydroxyl groups is 1. The van der Waals surface area contributed by atoms with E-state index in [4.69, 9.17) is 4.74 Å². The predicted molar refractivity (Wildman–Crippen MR) is 118 cm³/mol. The van der Waals surface area contributed by atoms with Gasteiger partial charge >= 0.3 is 0 Å². The molecule has 3 aromatic rings. The molecule has 0 spiro atoms. The Labute approximate surface area is 181 Å². The summed E-state index contributed by atoms with van der Waals surface area (Å²) in [7, 11) is 4.87. The normalized spacial score (nSPS) is 15.1. The smallest absolute Gasteiger partial charge is 0.223 e. The van der Waals surface area contributed by atoms with Gasteiger partial charge in [-0.05, 0) is 47.9 Å². The van der Waals surface area contributed by atoms with Crippen molar-refractivity contribution in [3.63, 3.8) is 0 Å². The molecule has 2 heterocycles. The lowest BCUT2D eigenvalue weighted by Crippen LogP contribution is -2.40. The molecule has 164 valence electrons. The highest BCUT2D eigenvalue weighted by Crippen LogP contribution is 2.39. The Morgan fingerprint density at radius 1 is 1.19 bits per heavy atom. The number of amides is 1. The predicted octanol–water partition coefficient (Wildman–Crippen LogP) is 3.60. The first-order valence-corrected chi connectivity index (χ1v) is 10.1. The fourth-order valence-corrected chi connectivity index (χ4v) is 4.00. The van der Waals surface area contributed by atoms with Crippen LogP contribution in [0.3, 0.4) is 0 Å². The summed E-state index contributed by atoms with van der Waals surface area (Å²) in [5, 5.41) is 10.9. The molecule has 1 aliphatic rings. The van der Waals surface area contributed by atoms with E-state index < -0.39 is 0 Å². The number of aromatic nitrogens is 1. The van der Waals surface area contributed by atoms with Crippen LogP contribution in [0.15, 0.2) is 42.5 Å². The molecule has 2 N–H and O–H groups in total. The minimum Gasteiger partial charge on any atom is -0.508 e. The van der Waals surface area contributed by atoms with Crippen molar-refractivity contribution in [2.24, 2.45) is 0 Å². The van der Waals surface area contributed by atoms with Gasteiger partial charge in [0.1, 0.15) is 17.8 Å². The molecule has 1 atom stereocenters. The zero-order valence-corrected chi connectivity index (χ0v) is 18.1. The maximum Gasteiger partial charge on any atom is 0.223 e. The van der Waals surface area contributed by atoms with Crippen molar-refractivity contribution in [3.8, 4) is 11.5 Å². The van der Waals surface area contributed by atoms with Gasteiger partial charge in [-0.25, -0.2) is 0 Å². The first kappa shape index (κ1) is 22.4. The molecule has 1 aliphatic heterocycles. The molecule has 2 aromatic carbocycles. The number of nitrogens with one attached hydrogen (secondary N) is 1. The van der Waals surface area contributed by atoms with Crippen LogP contribution in [-0.2, 0) is 20.7 Å². The Morgan fingerprint density at radius 3 is 2.55 bits per heavy atom. The molecule has 0 radical (unpaired) electrons. The van der Waals surface area contributed by atoms with Gasteiger partial charge in [0, 0.05) is 50.2 Å². The van der Waals surface area contributed by atoms with Crippen LogP contribution < -0.4 is 4.74 Å². The minimum atomic E-state index is -0.275. The number of aromatic amines is 1. The summed E-state index contributed by atoms with van der Waals surface area (Å²) in [5.41, 5.74) is 3.98. The fraction of sp³-hybridized carbons (Fsp3) is 0.333. The van der Waals surface area contributed by atoms with Crippen molar-refractivity contribution < 1.29 is 24.2 Å². The Hall–Kier alpha value is -3.32. The van der Waals surface area contributed by atoms with Gasteiger partial charge in [0.15, 0.2) is 0 Å². The van der Waals surface area contributed by atoms with Gasteiger partial charge in [-0.3, -0.25) is 4.79 Å². The van der Waals surface area contributed by atoms with Gasteiger partial charge in [-0.2, -0.15) is 0 Å². The van der Waals surface area contributed by atoms with E-state index in [1.165, 1.54) is 0 Å². The summed E-state index contributed by atoms with van der Waals surface area (Å²) in [4.78, 5) is 28.9. The highest BCUT2D eigenvalue weighted by molar-refractivity contribution is 5.88. The van der Waals surface area contributed by atoms with Gasteiger partial charge in [0.2, 0.25) is 5.91 Å². The number of aldehydes is 1. The maximum atomic E-state index is 12.8. The standard InChI is InChI=1S/C22H22N2O4.C2H6O/c1-28-16-7-4-14(5-8-16)22-21-17(10-11-24(22)20(27)3-2-12-25)18-13-15(26)6-9-19(18)23-21;1-3-2/h4-9,12-13,22-23,26H,2-3,10-11H2,1H3;1-2H3. The number of benzene rings is 2. The monoisotopic (exact) mass is 424 g/mol. The van der Waals surface area contributed by atoms with Crippen LogP contribution in [0, 0.1) is 0 Å². The average Bonchev–Trinajstić information content (AvgIpc) is 3.15. The Balaban J connectivity index is 0.000000858. The van der Waals surface area contributed by atoms with E-state index in [1.54, 1.807) is 33.5 Å². The third-order valence-corrected chi connectivity index (χ3v) is 5.34. The number of phenolic OH excluding ortho intramolecular Hbond substituents is 1. The molecule has 31 heavy (non-hydrogen) atoms. The summed E-state index contributed by atoms with van der Waals surface area (Å²) in [5.74, 6) is 0.931. The second kappa shape index (κ2) is 10.1. The van der Waals surface area contributed by atoms with Crippen molar-refractivity contribution in [2.45, 2.75) is 25.3 Å². The molecule has 0 saturated carbocycles. The van der Waals surface area contributed by atoms with E-state index in [2.05, 4.69) is 9.72 Å². The van der Waals surface area contributed by atoms with Crippen LogP contribution in [0.2, 0.25) is 0 Å². The largest absolute Gasteiger partial charge is 0.508 e. The van der Waals surface area contributed by atoms with Crippen molar-refractivity contribution in [1.82, 2.24) is 9.88 Å². The van der Waals surface area contributed by atoms with E-state index in [1.807, 2.05) is 35.2 Å². The summed E-state index contributed by atoms with van der Waals surface area (Å²) < 4.78 is 9.51. The minimum absolute atomic E-state index is 0.0416. The molecule has 1 amide bonds. The topological polar surface area (TPSA) is 91.9 Å². The van der Waals surface area contributed by atoms with Crippen LogP contribution in [0.5, 0.6) is 11.5 Å². The molecule has 0 fully saturated rings. The van der Waals surface area contributed by atoms with Crippen LogP contribution >= 0.6 is 0 Å². The van der Waals surface area contributed by atoms with E-state index in [0.29, 0.717) is 13.0 Å². The Bertz CT molecular complexity index is 1040. The number of H-pyrrole nitrogens is 1. The first-order chi connectivity index (χ1) is 15.0. The zero-order valence-electron chi connectivity index (χ0n) is 18.1. The quantitative estimate of drug-likeness (QED) is 0.611. The second-order valence-corrected chi connectivity index (χ2v) is 7.37. The van der Waals surface area contributed by atoms with Crippen LogP contribution in [-0.4, -0.2) is 55.1 Å². The van der Waals surface area contributed by atoms with Gasteiger partial charge in [-0.1, -0.05) is 12.1 Å². The van der Waals surface area contributed by atoms with Gasteiger partial charge in [0.25, 0.3) is 0 Å². The van der Waals surface area contributed by atoms with E-state index >= 15 is 0 Å². The first-order valence-electron chi connectivity index (χ1n) is 10.1. The number of ether oxygens (including phenoxy) is 2. The van der Waals surface area contributed by atoms with Crippen LogP contribution in [0.1, 0.15) is 35.7 Å². The number of rotatable bonds is 5. The number of phenols is 1. The number of carbonyl (C=O) groups excluding carboxylic acids is 2. The lowest BCUT2D eigenvalue weighted by Gasteiger charge is -2.36. The summed E-state index contributed by atoms with van der Waals surface area (Å²) in [6.07, 6.45) is 1.89. The highest BCUT2D eigenvalue weighted by atomic mass is 16.5. The number of fused-ring (bicyclic) bond motifs is 3. The van der Waals surface area contributed by atoms with Gasteiger partial charge < -0.3 is 29.3 Å². The highest BCUT2D eigenvalue weighted by Gasteiger charge is 2.34. The Kier molecular flexibility index (Phi) is 7.31. The molecule has 7 nitrogen and oxygen atoms in total. The summed E-state index contributed by atoms with van der Waals surface area (Å²) in [6.45, 7) is 0.560. The molecule has 0 aliphatic carbocycles. The lowest BCUT2D eigenvalue weighted by atomic mass is 9.92. The van der Waals surface area contributed by atoms with E-state index in [9.17, 15) is 14.7 Å². The van der Waals surface area contributed by atoms with E-state index in [-0.39, 0.29) is 30.5 Å². The number of hydrogen-bond donors (Lipinski definition) is 2. The fourth-order valence-electron chi connectivity index (χ4n) is 4.00. The number of carbonyl (C=O) groups is 2. The van der Waals surface area contributed by atoms with Crippen molar-refractivity contribution in [3.05, 3.63) is 59.3 Å². The molecule has 1 aromatic heterocycles. The molecule has 4 rings (SSSR count). The van der Waals surface area contributed by atoms with Crippen molar-refractivity contribution in [1.29, 1.82) is 0 Å². The summed E-state index contributed by atoms with van der Waals surface area (Å²) in [6, 6.07) is 12.7. The lowest BCUT2D eigenvalue weighted by molar-refractivity contribution is -0.134. The molecule has 1 unspecified atom stereocenters. The van der Waals surface area contributed by atoms with E-state index in [0.717, 1.165) is 39.8 Å². The summed E-state index contributed by atoms with van der Waals surface area (Å²) >= 11 is 0. The third-order valence-electron chi connectivity index (χ3n) is 5.34. The molecule has 0 bridgehead atoms. The van der Waals surface area contributed by atoms with Gasteiger partial charge in [-0.15, -0.1) is 0 Å². The number of methoxy groups -OCH3 is 2. The molecular weight excluding hydrogens is 396 g/mol. The number of hydrogen-bond acceptors (Lipinski definition) is 5. The number of nitrogens with zero attached hydrogens (tertiary/aromatic N) is 1.